The van der Waals surface area contributed by atoms with Gasteiger partial charge >= 0.3 is 0 Å². The van der Waals surface area contributed by atoms with E-state index in [0.717, 1.165) is 24.8 Å². The third-order valence-corrected chi connectivity index (χ3v) is 4.25. The highest BCUT2D eigenvalue weighted by Crippen LogP contribution is 2.27. The first-order valence-electron chi connectivity index (χ1n) is 7.63. The smallest absolute Gasteiger partial charge is 0.133 e. The van der Waals surface area contributed by atoms with Crippen LogP contribution in [0.25, 0.3) is 0 Å². The summed E-state index contributed by atoms with van der Waals surface area (Å²) in [5.41, 5.74) is 1.31. The van der Waals surface area contributed by atoms with Gasteiger partial charge in [0.15, 0.2) is 0 Å². The molecule has 1 aliphatic heterocycles. The van der Waals surface area contributed by atoms with Gasteiger partial charge in [-0.25, -0.2) is 4.98 Å². The lowest BCUT2D eigenvalue weighted by Crippen LogP contribution is -2.38. The molecule has 1 aromatic rings. The molecule has 4 nitrogen and oxygen atoms in total. The lowest BCUT2D eigenvalue weighted by atomic mass is 9.96. The van der Waals surface area contributed by atoms with Crippen molar-refractivity contribution in [2.24, 2.45) is 5.92 Å². The molecule has 2 rings (SSSR count). The summed E-state index contributed by atoms with van der Waals surface area (Å²) >= 11 is 0. The molecule has 1 saturated heterocycles. The number of rotatable bonds is 5. The Hall–Kier alpha value is -1.13. The van der Waals surface area contributed by atoms with Gasteiger partial charge in [-0.15, -0.1) is 0 Å². The lowest BCUT2D eigenvalue weighted by Gasteiger charge is -2.35. The first-order valence-corrected chi connectivity index (χ1v) is 7.63. The Balaban J connectivity index is 2.03. The normalized spacial score (nSPS) is 18.6. The summed E-state index contributed by atoms with van der Waals surface area (Å²) in [5.74, 6) is 1.99. The van der Waals surface area contributed by atoms with Crippen molar-refractivity contribution in [2.75, 3.05) is 45.7 Å². The minimum absolute atomic E-state index is 0.346. The molecule has 1 N–H and O–H groups in total. The first-order chi connectivity index (χ1) is 9.61. The number of nitrogens with one attached hydrogen (secondary N) is 1. The summed E-state index contributed by atoms with van der Waals surface area (Å²) in [4.78, 5) is 9.39. The fraction of sp³-hybridized carbons (Fsp3) is 0.688. The van der Waals surface area contributed by atoms with Crippen molar-refractivity contribution in [3.63, 3.8) is 0 Å². The molecule has 0 aliphatic carbocycles. The summed E-state index contributed by atoms with van der Waals surface area (Å²) in [6, 6.07) is 4.57. The minimum Gasteiger partial charge on any atom is -0.356 e. The SMILES string of the molecule is CNC(C)c1cccnc1N1CCC(CN(C)C)CC1. The monoisotopic (exact) mass is 276 g/mol. The van der Waals surface area contributed by atoms with Crippen LogP contribution in [0.4, 0.5) is 5.82 Å². The fourth-order valence-electron chi connectivity index (χ4n) is 3.01. The largest absolute Gasteiger partial charge is 0.356 e. The molecule has 0 bridgehead atoms. The quantitative estimate of drug-likeness (QED) is 0.893. The Morgan fingerprint density at radius 1 is 1.40 bits per heavy atom. The lowest BCUT2D eigenvalue weighted by molar-refractivity contribution is 0.284. The van der Waals surface area contributed by atoms with Crippen molar-refractivity contribution in [3.8, 4) is 0 Å². The van der Waals surface area contributed by atoms with E-state index in [0.29, 0.717) is 6.04 Å². The minimum atomic E-state index is 0.346. The van der Waals surface area contributed by atoms with E-state index >= 15 is 0 Å². The molecule has 0 spiro atoms. The third-order valence-electron chi connectivity index (χ3n) is 4.25. The van der Waals surface area contributed by atoms with E-state index in [1.54, 1.807) is 0 Å². The van der Waals surface area contributed by atoms with Gasteiger partial charge in [-0.2, -0.15) is 0 Å². The molecule has 20 heavy (non-hydrogen) atoms. The van der Waals surface area contributed by atoms with E-state index in [-0.39, 0.29) is 0 Å². The zero-order valence-electron chi connectivity index (χ0n) is 13.3. The van der Waals surface area contributed by atoms with Gasteiger partial charge in [0.1, 0.15) is 5.82 Å². The molecule has 0 radical (unpaired) electrons. The molecule has 1 unspecified atom stereocenters. The predicted octanol–water partition coefficient (Wildman–Crippen LogP) is 2.14. The number of nitrogens with zero attached hydrogens (tertiary/aromatic N) is 3. The van der Waals surface area contributed by atoms with Gasteiger partial charge in [0.2, 0.25) is 0 Å². The van der Waals surface area contributed by atoms with Crippen LogP contribution in [-0.2, 0) is 0 Å². The topological polar surface area (TPSA) is 31.4 Å². The van der Waals surface area contributed by atoms with E-state index in [2.05, 4.69) is 47.2 Å². The van der Waals surface area contributed by atoms with Crippen molar-refractivity contribution < 1.29 is 0 Å². The second-order valence-corrected chi connectivity index (χ2v) is 6.12. The summed E-state index contributed by atoms with van der Waals surface area (Å²) in [6.45, 7) is 5.65. The van der Waals surface area contributed by atoms with Crippen LogP contribution >= 0.6 is 0 Å². The molecule has 0 saturated carbocycles. The van der Waals surface area contributed by atoms with Crippen LogP contribution in [0.15, 0.2) is 18.3 Å². The van der Waals surface area contributed by atoms with Gasteiger partial charge in [0.05, 0.1) is 0 Å². The summed E-state index contributed by atoms with van der Waals surface area (Å²) in [6.07, 6.45) is 4.44. The Labute approximate surface area is 123 Å². The summed E-state index contributed by atoms with van der Waals surface area (Å²) in [5, 5.41) is 3.32. The Bertz CT molecular complexity index is 411. The highest BCUT2D eigenvalue weighted by molar-refractivity contribution is 5.48. The highest BCUT2D eigenvalue weighted by Gasteiger charge is 2.23. The van der Waals surface area contributed by atoms with Crippen molar-refractivity contribution in [1.82, 2.24) is 15.2 Å². The van der Waals surface area contributed by atoms with E-state index in [4.69, 9.17) is 0 Å². The van der Waals surface area contributed by atoms with Crippen molar-refractivity contribution >= 4 is 5.82 Å². The van der Waals surface area contributed by atoms with Crippen molar-refractivity contribution in [2.45, 2.75) is 25.8 Å². The highest BCUT2D eigenvalue weighted by atomic mass is 15.2. The second-order valence-electron chi connectivity index (χ2n) is 6.12. The molecule has 4 heteroatoms. The van der Waals surface area contributed by atoms with Crippen LogP contribution in [0.1, 0.15) is 31.4 Å². The standard InChI is InChI=1S/C16H28N4/c1-13(17-2)15-6-5-9-18-16(15)20-10-7-14(8-11-20)12-19(3)4/h5-6,9,13-14,17H,7-8,10-12H2,1-4H3. The van der Waals surface area contributed by atoms with Gasteiger partial charge < -0.3 is 15.1 Å². The number of hydrogen-bond acceptors (Lipinski definition) is 4. The van der Waals surface area contributed by atoms with Crippen LogP contribution in [0.3, 0.4) is 0 Å². The molecule has 1 atom stereocenters. The van der Waals surface area contributed by atoms with E-state index in [1.807, 2.05) is 19.3 Å². The first kappa shape index (κ1) is 15.3. The molecular weight excluding hydrogens is 248 g/mol. The zero-order valence-corrected chi connectivity index (χ0v) is 13.3. The average Bonchev–Trinajstić information content (AvgIpc) is 2.46. The van der Waals surface area contributed by atoms with Crippen LogP contribution < -0.4 is 10.2 Å². The molecule has 1 aliphatic rings. The molecule has 2 heterocycles. The number of hydrogen-bond donors (Lipinski definition) is 1. The van der Waals surface area contributed by atoms with Crippen LogP contribution in [0, 0.1) is 5.92 Å². The molecule has 1 fully saturated rings. The fourth-order valence-corrected chi connectivity index (χ4v) is 3.01. The van der Waals surface area contributed by atoms with Gasteiger partial charge in [0.25, 0.3) is 0 Å². The Morgan fingerprint density at radius 3 is 2.70 bits per heavy atom. The molecule has 112 valence electrons. The maximum atomic E-state index is 4.63. The van der Waals surface area contributed by atoms with Gasteiger partial charge in [-0.3, -0.25) is 0 Å². The number of aromatic nitrogens is 1. The average molecular weight is 276 g/mol. The van der Waals surface area contributed by atoms with Crippen LogP contribution in [0.5, 0.6) is 0 Å². The van der Waals surface area contributed by atoms with Gasteiger partial charge in [-0.05, 0) is 52.9 Å². The van der Waals surface area contributed by atoms with Crippen molar-refractivity contribution in [3.05, 3.63) is 23.9 Å². The summed E-state index contributed by atoms with van der Waals surface area (Å²) < 4.78 is 0. The number of piperidine rings is 1. The third kappa shape index (κ3) is 3.70. The van der Waals surface area contributed by atoms with Crippen LogP contribution in [-0.4, -0.2) is 50.7 Å². The Morgan fingerprint density at radius 2 is 2.10 bits per heavy atom. The maximum absolute atomic E-state index is 4.63. The predicted molar refractivity (Wildman–Crippen MR) is 85.2 cm³/mol. The molecule has 1 aromatic heterocycles. The maximum Gasteiger partial charge on any atom is 0.133 e. The molecule has 0 amide bonds. The van der Waals surface area contributed by atoms with Crippen molar-refractivity contribution in [1.29, 1.82) is 0 Å². The summed E-state index contributed by atoms with van der Waals surface area (Å²) in [7, 11) is 6.33. The molecular formula is C16H28N4. The zero-order chi connectivity index (χ0) is 14.5. The van der Waals surface area contributed by atoms with Gasteiger partial charge in [0, 0.05) is 37.4 Å². The van der Waals surface area contributed by atoms with E-state index in [9.17, 15) is 0 Å². The second kappa shape index (κ2) is 7.04. The van der Waals surface area contributed by atoms with Crippen LogP contribution in [0.2, 0.25) is 0 Å². The number of pyridine rings is 1. The number of anilines is 1. The van der Waals surface area contributed by atoms with E-state index < -0.39 is 0 Å². The van der Waals surface area contributed by atoms with Gasteiger partial charge in [-0.1, -0.05) is 6.07 Å². The Kier molecular flexibility index (Phi) is 5.38. The molecule has 0 aromatic carbocycles. The van der Waals surface area contributed by atoms with E-state index in [1.165, 1.54) is 24.9 Å².